The van der Waals surface area contributed by atoms with Crippen molar-refractivity contribution >= 4 is 21.6 Å². The Labute approximate surface area is 224 Å². The molecule has 38 heavy (non-hydrogen) atoms. The summed E-state index contributed by atoms with van der Waals surface area (Å²) in [4.78, 5) is 15.7. The Bertz CT molecular complexity index is 1400. The lowest BCUT2D eigenvalue weighted by Crippen LogP contribution is -2.50. The molecule has 2 aliphatic rings. The molecule has 8 nitrogen and oxygen atoms in total. The molecule has 1 fully saturated rings. The largest absolute Gasteiger partial charge is 0.476 e. The molecule has 0 saturated carbocycles. The Kier molecular flexibility index (Phi) is 7.69. The van der Waals surface area contributed by atoms with Gasteiger partial charge in [0.05, 0.1) is 30.3 Å². The van der Waals surface area contributed by atoms with Gasteiger partial charge in [-0.3, -0.25) is 14.0 Å². The van der Waals surface area contributed by atoms with Crippen molar-refractivity contribution in [2.24, 2.45) is 0 Å². The first kappa shape index (κ1) is 26.2. The Morgan fingerprint density at radius 1 is 0.947 bits per heavy atom. The lowest BCUT2D eigenvalue weighted by atomic mass is 10.1. The van der Waals surface area contributed by atoms with Crippen molar-refractivity contribution in [2.45, 2.75) is 37.9 Å². The minimum absolute atomic E-state index is 0.116. The molecule has 0 aromatic heterocycles. The van der Waals surface area contributed by atoms with E-state index in [1.807, 2.05) is 32.0 Å². The molecule has 1 unspecified atom stereocenters. The van der Waals surface area contributed by atoms with Gasteiger partial charge < -0.3 is 14.8 Å². The molecule has 0 spiro atoms. The Morgan fingerprint density at radius 2 is 1.66 bits per heavy atom. The number of benzene rings is 3. The summed E-state index contributed by atoms with van der Waals surface area (Å²) in [5.74, 6) is 0.00380. The summed E-state index contributed by atoms with van der Waals surface area (Å²) in [7, 11) is -3.90. The van der Waals surface area contributed by atoms with Crippen LogP contribution in [0.1, 0.15) is 22.3 Å². The lowest BCUT2D eigenvalue weighted by molar-refractivity contribution is -0.127. The molecular weight excluding hydrogens is 502 g/mol. The quantitative estimate of drug-likeness (QED) is 0.499. The summed E-state index contributed by atoms with van der Waals surface area (Å²) < 4.78 is 40.0. The molecule has 200 valence electrons. The SMILES string of the molecule is Cc1ccc(S(=O)(=O)N2CC(C(=O)NCc3cccc(CN4CCOCC4)c3)Oc3ccc(C)cc32)cc1. The highest BCUT2D eigenvalue weighted by Gasteiger charge is 2.37. The number of nitrogens with one attached hydrogen (secondary N) is 1. The van der Waals surface area contributed by atoms with Crippen molar-refractivity contribution in [1.82, 2.24) is 10.2 Å². The standard InChI is InChI=1S/C29H33N3O5S/c1-21-6-9-25(10-7-21)38(34,35)32-20-28(37-27-11-8-22(2)16-26(27)32)29(33)30-18-23-4-3-5-24(17-23)19-31-12-14-36-15-13-31/h3-11,16-17,28H,12-15,18-20H2,1-2H3,(H,30,33). The normalized spacial score (nSPS) is 17.9. The molecule has 0 aliphatic carbocycles. The number of hydrogen-bond acceptors (Lipinski definition) is 6. The van der Waals surface area contributed by atoms with E-state index in [2.05, 4.69) is 22.3 Å². The first-order valence-electron chi connectivity index (χ1n) is 12.8. The van der Waals surface area contributed by atoms with Crippen molar-refractivity contribution in [2.75, 3.05) is 37.2 Å². The topological polar surface area (TPSA) is 88.2 Å². The third-order valence-electron chi connectivity index (χ3n) is 6.85. The number of ether oxygens (including phenoxy) is 2. The average Bonchev–Trinajstić information content (AvgIpc) is 2.92. The maximum atomic E-state index is 13.6. The van der Waals surface area contributed by atoms with Gasteiger partial charge in [0, 0.05) is 26.2 Å². The summed E-state index contributed by atoms with van der Waals surface area (Å²) >= 11 is 0. The third kappa shape index (κ3) is 5.85. The van der Waals surface area contributed by atoms with E-state index in [-0.39, 0.29) is 17.3 Å². The molecular formula is C29H33N3O5S. The van der Waals surface area contributed by atoms with Crippen molar-refractivity contribution in [1.29, 1.82) is 0 Å². The van der Waals surface area contributed by atoms with Gasteiger partial charge in [0.2, 0.25) is 0 Å². The van der Waals surface area contributed by atoms with E-state index >= 15 is 0 Å². The van der Waals surface area contributed by atoms with Crippen LogP contribution < -0.4 is 14.4 Å². The van der Waals surface area contributed by atoms with Crippen LogP contribution in [0.5, 0.6) is 5.75 Å². The number of carbonyl (C=O) groups excluding carboxylic acids is 1. The predicted molar refractivity (Wildman–Crippen MR) is 146 cm³/mol. The number of amides is 1. The van der Waals surface area contributed by atoms with Gasteiger partial charge >= 0.3 is 0 Å². The van der Waals surface area contributed by atoms with Crippen LogP contribution in [0.15, 0.2) is 71.6 Å². The average molecular weight is 536 g/mol. The van der Waals surface area contributed by atoms with Crippen LogP contribution >= 0.6 is 0 Å². The van der Waals surface area contributed by atoms with E-state index in [9.17, 15) is 13.2 Å². The van der Waals surface area contributed by atoms with E-state index < -0.39 is 16.1 Å². The summed E-state index contributed by atoms with van der Waals surface area (Å²) in [6.45, 7) is 8.14. The zero-order valence-corrected chi connectivity index (χ0v) is 22.5. The minimum Gasteiger partial charge on any atom is -0.476 e. The van der Waals surface area contributed by atoms with E-state index in [1.165, 1.54) is 9.87 Å². The van der Waals surface area contributed by atoms with Gasteiger partial charge in [-0.15, -0.1) is 0 Å². The molecule has 2 aliphatic heterocycles. The maximum Gasteiger partial charge on any atom is 0.264 e. The summed E-state index contributed by atoms with van der Waals surface area (Å²) in [5, 5.41) is 2.94. The number of nitrogens with zero attached hydrogens (tertiary/aromatic N) is 2. The molecule has 2 heterocycles. The number of fused-ring (bicyclic) bond motifs is 1. The van der Waals surface area contributed by atoms with Crippen LogP contribution in [0.3, 0.4) is 0 Å². The smallest absolute Gasteiger partial charge is 0.264 e. The van der Waals surface area contributed by atoms with Crippen LogP contribution in [0, 0.1) is 13.8 Å². The number of rotatable bonds is 7. The van der Waals surface area contributed by atoms with E-state index in [4.69, 9.17) is 9.47 Å². The zero-order chi connectivity index (χ0) is 26.7. The van der Waals surface area contributed by atoms with Crippen LogP contribution in [-0.4, -0.2) is 58.2 Å². The van der Waals surface area contributed by atoms with Gasteiger partial charge in [-0.05, 0) is 54.8 Å². The number of sulfonamides is 1. The molecule has 9 heteroatoms. The van der Waals surface area contributed by atoms with E-state index in [0.717, 1.165) is 49.5 Å². The van der Waals surface area contributed by atoms with Crippen LogP contribution in [-0.2, 0) is 32.6 Å². The number of anilines is 1. The minimum atomic E-state index is -3.90. The summed E-state index contributed by atoms with van der Waals surface area (Å²) in [5.41, 5.74) is 4.45. The predicted octanol–water partition coefficient (Wildman–Crippen LogP) is 3.41. The number of aryl methyl sites for hydroxylation is 2. The maximum absolute atomic E-state index is 13.6. The highest BCUT2D eigenvalue weighted by Crippen LogP contribution is 2.37. The van der Waals surface area contributed by atoms with Crippen LogP contribution in [0.4, 0.5) is 5.69 Å². The Balaban J connectivity index is 1.31. The van der Waals surface area contributed by atoms with Crippen molar-refractivity contribution in [3.8, 4) is 5.75 Å². The summed E-state index contributed by atoms with van der Waals surface area (Å²) in [6, 6.07) is 20.2. The van der Waals surface area contributed by atoms with Gasteiger partial charge in [-0.1, -0.05) is 48.0 Å². The first-order valence-corrected chi connectivity index (χ1v) is 14.3. The van der Waals surface area contributed by atoms with Gasteiger partial charge in [0.15, 0.2) is 6.10 Å². The molecule has 1 atom stereocenters. The fourth-order valence-corrected chi connectivity index (χ4v) is 6.19. The molecule has 3 aromatic carbocycles. The Morgan fingerprint density at radius 3 is 2.42 bits per heavy atom. The van der Waals surface area contributed by atoms with Crippen molar-refractivity contribution < 1.29 is 22.7 Å². The summed E-state index contributed by atoms with van der Waals surface area (Å²) in [6.07, 6.45) is -0.984. The highest BCUT2D eigenvalue weighted by molar-refractivity contribution is 7.92. The van der Waals surface area contributed by atoms with E-state index in [1.54, 1.807) is 36.4 Å². The van der Waals surface area contributed by atoms with E-state index in [0.29, 0.717) is 18.0 Å². The van der Waals surface area contributed by atoms with Crippen LogP contribution in [0.25, 0.3) is 0 Å². The van der Waals surface area contributed by atoms with Crippen LogP contribution in [0.2, 0.25) is 0 Å². The molecule has 3 aromatic rings. The highest BCUT2D eigenvalue weighted by atomic mass is 32.2. The second kappa shape index (κ2) is 11.1. The first-order chi connectivity index (χ1) is 18.3. The molecule has 5 rings (SSSR count). The second-order valence-corrected chi connectivity index (χ2v) is 11.7. The third-order valence-corrected chi connectivity index (χ3v) is 8.65. The number of morpholine rings is 1. The zero-order valence-electron chi connectivity index (χ0n) is 21.7. The lowest BCUT2D eigenvalue weighted by Gasteiger charge is -2.35. The van der Waals surface area contributed by atoms with Gasteiger partial charge in [-0.2, -0.15) is 0 Å². The molecule has 1 N–H and O–H groups in total. The molecule has 1 amide bonds. The van der Waals surface area contributed by atoms with Crippen molar-refractivity contribution in [3.05, 3.63) is 89.0 Å². The fraction of sp³-hybridized carbons (Fsp3) is 0.345. The van der Waals surface area contributed by atoms with Gasteiger partial charge in [0.25, 0.3) is 15.9 Å². The number of carbonyl (C=O) groups is 1. The molecule has 1 saturated heterocycles. The second-order valence-electron chi connectivity index (χ2n) is 9.85. The monoisotopic (exact) mass is 535 g/mol. The fourth-order valence-electron chi connectivity index (χ4n) is 4.72. The Hall–Kier alpha value is -3.40. The number of hydrogen-bond donors (Lipinski definition) is 1. The van der Waals surface area contributed by atoms with Gasteiger partial charge in [0.1, 0.15) is 5.75 Å². The van der Waals surface area contributed by atoms with Crippen molar-refractivity contribution in [3.63, 3.8) is 0 Å². The van der Waals surface area contributed by atoms with Gasteiger partial charge in [-0.25, -0.2) is 8.42 Å². The molecule has 0 radical (unpaired) electrons. The molecule has 0 bridgehead atoms.